The quantitative estimate of drug-likeness (QED) is 0.795. The molecule has 0 saturated heterocycles. The first-order chi connectivity index (χ1) is 7.09. The Labute approximate surface area is 92.3 Å². The number of hydrogen-bond donors (Lipinski definition) is 1. The largest absolute Gasteiger partial charge is 0.370 e. The van der Waals surface area contributed by atoms with Gasteiger partial charge in [0.1, 0.15) is 5.82 Å². The molecule has 1 aliphatic heterocycles. The highest BCUT2D eigenvalue weighted by Crippen LogP contribution is 2.27. The van der Waals surface area contributed by atoms with Crippen LogP contribution in [0.2, 0.25) is 5.02 Å². The summed E-state index contributed by atoms with van der Waals surface area (Å²) in [7, 11) is 1.85. The zero-order chi connectivity index (χ0) is 11.0. The Morgan fingerprint density at radius 2 is 2.33 bits per heavy atom. The van der Waals surface area contributed by atoms with Crippen molar-refractivity contribution in [2.75, 3.05) is 13.6 Å². The van der Waals surface area contributed by atoms with Gasteiger partial charge in [-0.2, -0.15) is 0 Å². The molecule has 15 heavy (non-hydrogen) atoms. The van der Waals surface area contributed by atoms with Crippen LogP contribution in [0.1, 0.15) is 11.6 Å². The second kappa shape index (κ2) is 3.70. The van der Waals surface area contributed by atoms with Gasteiger partial charge in [0, 0.05) is 7.05 Å². The molecule has 2 rings (SSSR count). The number of nitrogens with two attached hydrogens (primary N) is 1. The smallest absolute Gasteiger partial charge is 0.191 e. The molecule has 0 aliphatic carbocycles. The molecular formula is C10H11ClFN3. The summed E-state index contributed by atoms with van der Waals surface area (Å²) < 4.78 is 13.0. The first-order valence-corrected chi connectivity index (χ1v) is 4.95. The van der Waals surface area contributed by atoms with Gasteiger partial charge in [-0.3, -0.25) is 4.99 Å². The number of hydrogen-bond acceptors (Lipinski definition) is 3. The highest BCUT2D eigenvalue weighted by Gasteiger charge is 2.24. The van der Waals surface area contributed by atoms with Crippen molar-refractivity contribution < 1.29 is 4.39 Å². The van der Waals surface area contributed by atoms with Crippen LogP contribution in [-0.4, -0.2) is 24.5 Å². The van der Waals surface area contributed by atoms with Gasteiger partial charge in [-0.25, -0.2) is 4.39 Å². The van der Waals surface area contributed by atoms with Gasteiger partial charge in [-0.1, -0.05) is 17.7 Å². The average molecular weight is 228 g/mol. The van der Waals surface area contributed by atoms with E-state index >= 15 is 0 Å². The van der Waals surface area contributed by atoms with E-state index in [0.717, 1.165) is 5.56 Å². The van der Waals surface area contributed by atoms with Crippen molar-refractivity contribution >= 4 is 17.6 Å². The van der Waals surface area contributed by atoms with Gasteiger partial charge in [-0.05, 0) is 17.7 Å². The van der Waals surface area contributed by atoms with Crippen LogP contribution >= 0.6 is 11.6 Å². The Bertz CT molecular complexity index is 419. The van der Waals surface area contributed by atoms with Crippen LogP contribution in [0.5, 0.6) is 0 Å². The van der Waals surface area contributed by atoms with Gasteiger partial charge in [0.15, 0.2) is 5.96 Å². The van der Waals surface area contributed by atoms with E-state index in [-0.39, 0.29) is 11.1 Å². The van der Waals surface area contributed by atoms with Crippen LogP contribution in [0, 0.1) is 5.82 Å². The number of nitrogens with zero attached hydrogens (tertiary/aromatic N) is 2. The molecule has 3 nitrogen and oxygen atoms in total. The molecule has 5 heteroatoms. The Morgan fingerprint density at radius 1 is 1.60 bits per heavy atom. The molecule has 2 N–H and O–H groups in total. The molecule has 0 spiro atoms. The zero-order valence-electron chi connectivity index (χ0n) is 8.24. The lowest BCUT2D eigenvalue weighted by Gasteiger charge is -2.21. The van der Waals surface area contributed by atoms with E-state index < -0.39 is 5.82 Å². The number of guanidine groups is 1. The third-order valence-corrected chi connectivity index (χ3v) is 2.87. The molecule has 0 radical (unpaired) electrons. The van der Waals surface area contributed by atoms with Gasteiger partial charge in [0.05, 0.1) is 17.6 Å². The summed E-state index contributed by atoms with van der Waals surface area (Å²) in [5.74, 6) is 0.0930. The van der Waals surface area contributed by atoms with E-state index in [0.29, 0.717) is 12.5 Å². The molecule has 1 aromatic rings. The highest BCUT2D eigenvalue weighted by atomic mass is 35.5. The van der Waals surface area contributed by atoms with Crippen molar-refractivity contribution in [3.8, 4) is 0 Å². The van der Waals surface area contributed by atoms with E-state index in [9.17, 15) is 4.39 Å². The Balaban J connectivity index is 2.28. The minimum atomic E-state index is -0.407. The standard InChI is InChI=1S/C10H11ClFN3/c1-15-9(5-14-10(15)13)6-2-3-8(12)7(11)4-6/h2-4,9H,5H2,1H3,(H2,13,14). The molecule has 1 aromatic carbocycles. The van der Waals surface area contributed by atoms with E-state index in [1.54, 1.807) is 12.1 Å². The predicted octanol–water partition coefficient (Wildman–Crippen LogP) is 1.78. The van der Waals surface area contributed by atoms with Crippen LogP contribution < -0.4 is 5.73 Å². The molecule has 0 amide bonds. The Kier molecular flexibility index (Phi) is 2.52. The number of likely N-dealkylation sites (N-methyl/N-ethyl adjacent to an activating group) is 1. The molecule has 1 unspecified atom stereocenters. The maximum absolute atomic E-state index is 13.0. The van der Waals surface area contributed by atoms with Crippen LogP contribution in [0.15, 0.2) is 23.2 Å². The normalized spacial score (nSPS) is 20.6. The molecular weight excluding hydrogens is 217 g/mol. The van der Waals surface area contributed by atoms with Crippen LogP contribution in [-0.2, 0) is 0 Å². The molecule has 0 bridgehead atoms. The van der Waals surface area contributed by atoms with E-state index in [4.69, 9.17) is 17.3 Å². The molecule has 0 aromatic heterocycles. The zero-order valence-corrected chi connectivity index (χ0v) is 9.00. The highest BCUT2D eigenvalue weighted by molar-refractivity contribution is 6.30. The predicted molar refractivity (Wildman–Crippen MR) is 58.4 cm³/mol. The summed E-state index contributed by atoms with van der Waals surface area (Å²) in [5, 5.41) is 0.131. The summed E-state index contributed by atoms with van der Waals surface area (Å²) in [6, 6.07) is 4.74. The SMILES string of the molecule is CN1C(N)=NCC1c1ccc(F)c(Cl)c1. The lowest BCUT2D eigenvalue weighted by atomic mass is 10.1. The fraction of sp³-hybridized carbons (Fsp3) is 0.300. The van der Waals surface area contributed by atoms with Crippen LogP contribution in [0.25, 0.3) is 0 Å². The second-order valence-corrected chi connectivity index (χ2v) is 3.91. The number of halogens is 2. The van der Waals surface area contributed by atoms with Crippen molar-refractivity contribution in [2.24, 2.45) is 10.7 Å². The van der Waals surface area contributed by atoms with Crippen molar-refractivity contribution in [2.45, 2.75) is 6.04 Å². The fourth-order valence-corrected chi connectivity index (χ4v) is 1.81. The third kappa shape index (κ3) is 1.77. The fourth-order valence-electron chi connectivity index (χ4n) is 1.62. The first kappa shape index (κ1) is 10.2. The van der Waals surface area contributed by atoms with Gasteiger partial charge in [0.25, 0.3) is 0 Å². The molecule has 1 aliphatic rings. The minimum Gasteiger partial charge on any atom is -0.370 e. The minimum absolute atomic E-state index is 0.0584. The maximum Gasteiger partial charge on any atom is 0.191 e. The van der Waals surface area contributed by atoms with Crippen molar-refractivity contribution in [1.29, 1.82) is 0 Å². The topological polar surface area (TPSA) is 41.6 Å². The summed E-state index contributed by atoms with van der Waals surface area (Å²) in [6.45, 7) is 0.588. The monoisotopic (exact) mass is 227 g/mol. The summed E-state index contributed by atoms with van der Waals surface area (Å²) in [5.41, 5.74) is 6.57. The average Bonchev–Trinajstić information content (AvgIpc) is 2.53. The number of benzene rings is 1. The second-order valence-electron chi connectivity index (χ2n) is 3.50. The van der Waals surface area contributed by atoms with E-state index in [1.165, 1.54) is 6.07 Å². The Hall–Kier alpha value is -1.29. The third-order valence-electron chi connectivity index (χ3n) is 2.58. The Morgan fingerprint density at radius 3 is 2.87 bits per heavy atom. The lowest BCUT2D eigenvalue weighted by Crippen LogP contribution is -2.32. The van der Waals surface area contributed by atoms with Crippen molar-refractivity contribution in [3.63, 3.8) is 0 Å². The molecule has 1 atom stereocenters. The number of aliphatic imine (C=N–C) groups is 1. The van der Waals surface area contributed by atoms with Gasteiger partial charge >= 0.3 is 0 Å². The molecule has 0 fully saturated rings. The summed E-state index contributed by atoms with van der Waals surface area (Å²) in [6.07, 6.45) is 0. The van der Waals surface area contributed by atoms with Crippen molar-refractivity contribution in [3.05, 3.63) is 34.6 Å². The van der Waals surface area contributed by atoms with Crippen LogP contribution in [0.4, 0.5) is 4.39 Å². The van der Waals surface area contributed by atoms with Gasteiger partial charge in [0.2, 0.25) is 0 Å². The van der Waals surface area contributed by atoms with Crippen molar-refractivity contribution in [1.82, 2.24) is 4.90 Å². The van der Waals surface area contributed by atoms with Gasteiger partial charge < -0.3 is 10.6 Å². The van der Waals surface area contributed by atoms with E-state index in [1.807, 2.05) is 11.9 Å². The summed E-state index contributed by atoms with van der Waals surface area (Å²) in [4.78, 5) is 5.96. The lowest BCUT2D eigenvalue weighted by molar-refractivity contribution is 0.413. The molecule has 80 valence electrons. The summed E-state index contributed by atoms with van der Waals surface area (Å²) >= 11 is 5.71. The van der Waals surface area contributed by atoms with Gasteiger partial charge in [-0.15, -0.1) is 0 Å². The first-order valence-electron chi connectivity index (χ1n) is 4.57. The molecule has 0 saturated carbocycles. The van der Waals surface area contributed by atoms with Crippen LogP contribution in [0.3, 0.4) is 0 Å². The van der Waals surface area contributed by atoms with E-state index in [2.05, 4.69) is 4.99 Å². The number of rotatable bonds is 1. The maximum atomic E-state index is 13.0. The molecule has 1 heterocycles.